The molecule has 38 heavy (non-hydrogen) atoms. The van der Waals surface area contributed by atoms with Crippen LogP contribution < -0.4 is 20.4 Å². The summed E-state index contributed by atoms with van der Waals surface area (Å²) in [6.07, 6.45) is 8.86. The van der Waals surface area contributed by atoms with Crippen LogP contribution in [0.1, 0.15) is 133 Å². The van der Waals surface area contributed by atoms with Crippen LogP contribution in [0.5, 0.6) is 0 Å². The summed E-state index contributed by atoms with van der Waals surface area (Å²) in [6, 6.07) is 1.13. The highest BCUT2D eigenvalue weighted by Gasteiger charge is 2.43. The van der Waals surface area contributed by atoms with E-state index in [2.05, 4.69) is 96.6 Å². The van der Waals surface area contributed by atoms with Gasteiger partial charge in [0.15, 0.2) is 0 Å². The number of nitrogens with zero attached hydrogens (tertiary/aromatic N) is 5. The van der Waals surface area contributed by atoms with Crippen molar-refractivity contribution >= 4 is 11.9 Å². The lowest BCUT2D eigenvalue weighted by Gasteiger charge is -2.51. The van der Waals surface area contributed by atoms with Gasteiger partial charge in [0.05, 0.1) is 0 Å². The van der Waals surface area contributed by atoms with Gasteiger partial charge >= 0.3 is 0 Å². The van der Waals surface area contributed by atoms with Crippen molar-refractivity contribution in [1.82, 2.24) is 25.6 Å². The number of rotatable bonds is 10. The van der Waals surface area contributed by atoms with Gasteiger partial charge < -0.3 is 20.4 Å². The molecule has 0 aliphatic carbocycles. The normalized spacial score (nSPS) is 23.7. The minimum atomic E-state index is 0.0565. The first kappa shape index (κ1) is 31.1. The number of nitrogens with one attached hydrogen (secondary N) is 2. The number of hydrogen-bond acceptors (Lipinski definition) is 7. The van der Waals surface area contributed by atoms with E-state index in [0.717, 1.165) is 75.6 Å². The van der Waals surface area contributed by atoms with E-state index >= 15 is 0 Å². The first-order valence-corrected chi connectivity index (χ1v) is 15.3. The van der Waals surface area contributed by atoms with Crippen molar-refractivity contribution in [2.45, 2.75) is 175 Å². The molecule has 2 aliphatic heterocycles. The Morgan fingerprint density at radius 3 is 1.68 bits per heavy atom. The number of hydrogen-bond donors (Lipinski definition) is 2. The van der Waals surface area contributed by atoms with Crippen molar-refractivity contribution < 1.29 is 0 Å². The lowest BCUT2D eigenvalue weighted by molar-refractivity contribution is 0.153. The first-order valence-electron chi connectivity index (χ1n) is 15.3. The van der Waals surface area contributed by atoms with E-state index in [9.17, 15) is 0 Å². The largest absolute Gasteiger partial charge is 0.338 e. The molecule has 3 heterocycles. The maximum absolute atomic E-state index is 5.32. The Bertz CT molecular complexity index is 891. The SMILES string of the molecule is CCCCN(c1nc(C)nc(N(C(C)CCC)C2CC(C)(C)NC(C)(C)C2)n1)C1CC(C)(C)NC(C)(C)C1. The standard InChI is InChI=1S/C31H59N7/c1-13-15-17-37(24-18-28(5,6)35-29(7,8)19-24)26-32-23(4)33-27(34-26)38(22(3)16-14-2)25-20-30(9,10)36-31(11,12)21-25/h22,24-25,35-36H,13-21H2,1-12H3. The van der Waals surface area contributed by atoms with Crippen molar-refractivity contribution in [2.75, 3.05) is 16.3 Å². The topological polar surface area (TPSA) is 69.2 Å². The molecule has 1 unspecified atom stereocenters. The molecule has 0 radical (unpaired) electrons. The van der Waals surface area contributed by atoms with Crippen molar-refractivity contribution in [3.05, 3.63) is 5.82 Å². The van der Waals surface area contributed by atoms with Crippen LogP contribution in [0.3, 0.4) is 0 Å². The molecule has 7 nitrogen and oxygen atoms in total. The van der Waals surface area contributed by atoms with Crippen molar-refractivity contribution in [3.8, 4) is 0 Å². The summed E-state index contributed by atoms with van der Waals surface area (Å²) < 4.78 is 0. The van der Waals surface area contributed by atoms with Gasteiger partial charge in [-0.15, -0.1) is 0 Å². The van der Waals surface area contributed by atoms with Crippen LogP contribution >= 0.6 is 0 Å². The fourth-order valence-electron chi connectivity index (χ4n) is 7.70. The maximum Gasteiger partial charge on any atom is 0.230 e. The molecule has 3 rings (SSSR count). The van der Waals surface area contributed by atoms with Crippen LogP contribution in [0.2, 0.25) is 0 Å². The minimum absolute atomic E-state index is 0.0565. The van der Waals surface area contributed by atoms with Crippen LogP contribution in [0.25, 0.3) is 0 Å². The number of aromatic nitrogens is 3. The number of unbranched alkanes of at least 4 members (excludes halogenated alkanes) is 1. The molecule has 2 saturated heterocycles. The van der Waals surface area contributed by atoms with E-state index in [-0.39, 0.29) is 22.2 Å². The van der Waals surface area contributed by atoms with E-state index in [1.54, 1.807) is 0 Å². The maximum atomic E-state index is 5.32. The van der Waals surface area contributed by atoms with Crippen LogP contribution in [0.15, 0.2) is 0 Å². The van der Waals surface area contributed by atoms with Gasteiger partial charge in [0.2, 0.25) is 11.9 Å². The molecule has 0 spiro atoms. The number of piperidine rings is 2. The number of anilines is 2. The molecule has 1 atom stereocenters. The second kappa shape index (κ2) is 11.6. The summed E-state index contributed by atoms with van der Waals surface area (Å²) in [7, 11) is 0. The second-order valence-corrected chi connectivity index (χ2v) is 15.0. The molecular formula is C31H59N7. The Morgan fingerprint density at radius 1 is 0.737 bits per heavy atom. The van der Waals surface area contributed by atoms with Gasteiger partial charge in [0.1, 0.15) is 5.82 Å². The fourth-order valence-corrected chi connectivity index (χ4v) is 7.70. The molecule has 1 aromatic heterocycles. The third kappa shape index (κ3) is 8.03. The Morgan fingerprint density at radius 2 is 1.21 bits per heavy atom. The third-order valence-electron chi connectivity index (χ3n) is 8.32. The van der Waals surface area contributed by atoms with E-state index < -0.39 is 0 Å². The lowest BCUT2D eigenvalue weighted by atomic mass is 9.78. The zero-order valence-corrected chi connectivity index (χ0v) is 26.8. The fraction of sp³-hybridized carbons (Fsp3) is 0.903. The molecule has 0 aromatic carbocycles. The van der Waals surface area contributed by atoms with Crippen molar-refractivity contribution in [1.29, 1.82) is 0 Å². The second-order valence-electron chi connectivity index (χ2n) is 15.0. The zero-order valence-electron chi connectivity index (χ0n) is 26.8. The molecule has 0 bridgehead atoms. The smallest absolute Gasteiger partial charge is 0.230 e. The predicted molar refractivity (Wildman–Crippen MR) is 162 cm³/mol. The van der Waals surface area contributed by atoms with Crippen LogP contribution in [0.4, 0.5) is 11.9 Å². The molecule has 2 N–H and O–H groups in total. The monoisotopic (exact) mass is 529 g/mol. The average molecular weight is 530 g/mol. The van der Waals surface area contributed by atoms with Crippen molar-refractivity contribution in [3.63, 3.8) is 0 Å². The summed E-state index contributed by atoms with van der Waals surface area (Å²) in [5, 5.41) is 7.73. The Hall–Kier alpha value is -1.47. The van der Waals surface area contributed by atoms with Gasteiger partial charge in [-0.25, -0.2) is 0 Å². The van der Waals surface area contributed by atoms with E-state index in [1.165, 1.54) is 0 Å². The summed E-state index contributed by atoms with van der Waals surface area (Å²) in [5.74, 6) is 2.54. The minimum Gasteiger partial charge on any atom is -0.338 e. The molecule has 0 amide bonds. The van der Waals surface area contributed by atoms with Gasteiger partial charge in [0.25, 0.3) is 0 Å². The predicted octanol–water partition coefficient (Wildman–Crippen LogP) is 6.40. The van der Waals surface area contributed by atoms with E-state index in [1.807, 2.05) is 6.92 Å². The third-order valence-corrected chi connectivity index (χ3v) is 8.32. The van der Waals surface area contributed by atoms with E-state index in [0.29, 0.717) is 18.1 Å². The quantitative estimate of drug-likeness (QED) is 0.363. The molecule has 2 fully saturated rings. The van der Waals surface area contributed by atoms with E-state index in [4.69, 9.17) is 15.0 Å². The number of aryl methyl sites for hydroxylation is 1. The highest BCUT2D eigenvalue weighted by Crippen LogP contribution is 2.37. The summed E-state index contributed by atoms with van der Waals surface area (Å²) in [6.45, 7) is 28.6. The molecular weight excluding hydrogens is 470 g/mol. The Balaban J connectivity index is 2.06. The Labute approximate surface area is 234 Å². The molecule has 0 saturated carbocycles. The van der Waals surface area contributed by atoms with Crippen LogP contribution in [-0.4, -0.2) is 61.8 Å². The van der Waals surface area contributed by atoms with Crippen LogP contribution in [0, 0.1) is 6.92 Å². The molecule has 218 valence electrons. The Kier molecular flexibility index (Phi) is 9.45. The van der Waals surface area contributed by atoms with Gasteiger partial charge in [-0.1, -0.05) is 26.7 Å². The van der Waals surface area contributed by atoms with Gasteiger partial charge in [-0.2, -0.15) is 15.0 Å². The zero-order chi connectivity index (χ0) is 28.5. The van der Waals surface area contributed by atoms with Gasteiger partial charge in [-0.05, 0) is 108 Å². The van der Waals surface area contributed by atoms with Gasteiger partial charge in [-0.3, -0.25) is 0 Å². The van der Waals surface area contributed by atoms with Crippen LogP contribution in [-0.2, 0) is 0 Å². The summed E-state index contributed by atoms with van der Waals surface area (Å²) in [5.41, 5.74) is 0.243. The highest BCUT2D eigenvalue weighted by molar-refractivity contribution is 5.43. The summed E-state index contributed by atoms with van der Waals surface area (Å²) in [4.78, 5) is 20.4. The summed E-state index contributed by atoms with van der Waals surface area (Å²) >= 11 is 0. The molecule has 7 heteroatoms. The van der Waals surface area contributed by atoms with Gasteiger partial charge in [0, 0.05) is 46.8 Å². The lowest BCUT2D eigenvalue weighted by Crippen LogP contribution is -2.63. The first-order chi connectivity index (χ1) is 17.5. The molecule has 2 aliphatic rings. The van der Waals surface area contributed by atoms with Crippen molar-refractivity contribution in [2.24, 2.45) is 0 Å². The molecule has 1 aromatic rings. The highest BCUT2D eigenvalue weighted by atomic mass is 15.4. The average Bonchev–Trinajstić information content (AvgIpc) is 2.69.